The van der Waals surface area contributed by atoms with Crippen LogP contribution in [0.2, 0.25) is 0 Å². The lowest BCUT2D eigenvalue weighted by Crippen LogP contribution is -2.12. The number of rotatable bonds is 3. The molecule has 1 aromatic carbocycles. The van der Waals surface area contributed by atoms with Crippen molar-refractivity contribution in [3.63, 3.8) is 0 Å². The molecule has 0 bridgehead atoms. The Labute approximate surface area is 102 Å². The molecule has 1 heterocycles. The number of benzene rings is 1. The fourth-order valence-corrected chi connectivity index (χ4v) is 1.36. The molecule has 2 aromatic rings. The first-order valence-corrected chi connectivity index (χ1v) is 5.05. The highest BCUT2D eigenvalue weighted by molar-refractivity contribution is 5.95. The molecule has 0 atom stereocenters. The highest BCUT2D eigenvalue weighted by atomic mass is 19.1. The Kier molecular flexibility index (Phi) is 3.09. The van der Waals surface area contributed by atoms with E-state index in [1.54, 1.807) is 0 Å². The Morgan fingerprint density at radius 1 is 1.33 bits per heavy atom. The number of anilines is 1. The van der Waals surface area contributed by atoms with E-state index in [1.807, 2.05) is 0 Å². The lowest BCUT2D eigenvalue weighted by molar-refractivity contribution is 0.0997. The Bertz CT molecular complexity index is 602. The van der Waals surface area contributed by atoms with Crippen molar-refractivity contribution in [3.8, 4) is 11.6 Å². The lowest BCUT2D eigenvalue weighted by Gasteiger charge is -2.08. The number of nitrogens with zero attached hydrogens (tertiary/aromatic N) is 1. The summed E-state index contributed by atoms with van der Waals surface area (Å²) >= 11 is 0. The van der Waals surface area contributed by atoms with Crippen molar-refractivity contribution >= 4 is 11.6 Å². The summed E-state index contributed by atoms with van der Waals surface area (Å²) in [4.78, 5) is 15.0. The van der Waals surface area contributed by atoms with Gasteiger partial charge in [0.15, 0.2) is 11.6 Å². The quantitative estimate of drug-likeness (QED) is 0.807. The highest BCUT2D eigenvalue weighted by Gasteiger charge is 2.13. The van der Waals surface area contributed by atoms with E-state index in [0.717, 1.165) is 6.07 Å². The van der Waals surface area contributed by atoms with Crippen molar-refractivity contribution in [2.45, 2.75) is 0 Å². The molecular formula is C12H10FN3O2. The first-order valence-electron chi connectivity index (χ1n) is 5.05. The summed E-state index contributed by atoms with van der Waals surface area (Å²) in [6.45, 7) is 0. The fraction of sp³-hybridized carbons (Fsp3) is 0. The van der Waals surface area contributed by atoms with Gasteiger partial charge in [0.1, 0.15) is 5.56 Å². The SMILES string of the molecule is NC(=O)c1cccnc1Oc1ccc(N)cc1F. The number of primary amides is 1. The smallest absolute Gasteiger partial charge is 0.254 e. The van der Waals surface area contributed by atoms with Gasteiger partial charge >= 0.3 is 0 Å². The van der Waals surface area contributed by atoms with Gasteiger partial charge in [-0.05, 0) is 24.3 Å². The molecule has 92 valence electrons. The fourth-order valence-electron chi connectivity index (χ4n) is 1.36. The first-order chi connectivity index (χ1) is 8.58. The van der Waals surface area contributed by atoms with Crippen LogP contribution in [0, 0.1) is 5.82 Å². The third-order valence-electron chi connectivity index (χ3n) is 2.20. The molecule has 18 heavy (non-hydrogen) atoms. The zero-order valence-corrected chi connectivity index (χ0v) is 9.26. The van der Waals surface area contributed by atoms with Crippen LogP contribution in [0.5, 0.6) is 11.6 Å². The molecule has 2 rings (SSSR count). The molecule has 4 N–H and O–H groups in total. The average Bonchev–Trinajstić information content (AvgIpc) is 2.33. The Balaban J connectivity index is 2.37. The second kappa shape index (κ2) is 4.70. The van der Waals surface area contributed by atoms with Gasteiger partial charge < -0.3 is 16.2 Å². The number of aromatic nitrogens is 1. The van der Waals surface area contributed by atoms with Gasteiger partial charge in [-0.2, -0.15) is 0 Å². The van der Waals surface area contributed by atoms with Gasteiger partial charge in [0.25, 0.3) is 5.91 Å². The summed E-state index contributed by atoms with van der Waals surface area (Å²) in [5, 5.41) is 0. The molecule has 0 unspecified atom stereocenters. The number of nitrogen functional groups attached to an aromatic ring is 1. The number of ether oxygens (including phenoxy) is 1. The molecule has 0 aliphatic heterocycles. The van der Waals surface area contributed by atoms with Gasteiger partial charge in [0.2, 0.25) is 5.88 Å². The minimum absolute atomic E-state index is 0.0475. The lowest BCUT2D eigenvalue weighted by atomic mass is 10.2. The maximum atomic E-state index is 13.5. The van der Waals surface area contributed by atoms with Gasteiger partial charge in [-0.15, -0.1) is 0 Å². The Morgan fingerprint density at radius 3 is 2.78 bits per heavy atom. The zero-order valence-electron chi connectivity index (χ0n) is 9.26. The van der Waals surface area contributed by atoms with E-state index in [-0.39, 0.29) is 22.9 Å². The predicted molar refractivity (Wildman–Crippen MR) is 63.6 cm³/mol. The van der Waals surface area contributed by atoms with Crippen LogP contribution in [0.15, 0.2) is 36.5 Å². The molecule has 0 aliphatic rings. The number of hydrogen-bond donors (Lipinski definition) is 2. The van der Waals surface area contributed by atoms with Gasteiger partial charge in [0.05, 0.1) is 0 Å². The third kappa shape index (κ3) is 2.37. The maximum absolute atomic E-state index is 13.5. The summed E-state index contributed by atoms with van der Waals surface area (Å²) < 4.78 is 18.7. The van der Waals surface area contributed by atoms with Crippen LogP contribution in [0.4, 0.5) is 10.1 Å². The molecule has 0 aliphatic carbocycles. The van der Waals surface area contributed by atoms with Crippen LogP contribution in [0.3, 0.4) is 0 Å². The number of nitrogens with two attached hydrogens (primary N) is 2. The number of pyridine rings is 1. The summed E-state index contributed by atoms with van der Waals surface area (Å²) in [7, 11) is 0. The molecule has 0 saturated carbocycles. The van der Waals surface area contributed by atoms with Crippen molar-refractivity contribution < 1.29 is 13.9 Å². The average molecular weight is 247 g/mol. The second-order valence-corrected chi connectivity index (χ2v) is 3.51. The topological polar surface area (TPSA) is 91.2 Å². The van der Waals surface area contributed by atoms with E-state index in [1.165, 1.54) is 30.5 Å². The molecule has 6 heteroatoms. The van der Waals surface area contributed by atoms with Crippen molar-refractivity contribution in [2.75, 3.05) is 5.73 Å². The van der Waals surface area contributed by atoms with E-state index < -0.39 is 11.7 Å². The van der Waals surface area contributed by atoms with Gasteiger partial charge in [0, 0.05) is 18.0 Å². The van der Waals surface area contributed by atoms with E-state index in [0.29, 0.717) is 0 Å². The molecule has 0 radical (unpaired) electrons. The molecule has 1 aromatic heterocycles. The van der Waals surface area contributed by atoms with E-state index in [9.17, 15) is 9.18 Å². The van der Waals surface area contributed by atoms with E-state index in [4.69, 9.17) is 16.2 Å². The summed E-state index contributed by atoms with van der Waals surface area (Å²) in [6.07, 6.45) is 1.41. The van der Waals surface area contributed by atoms with Crippen LogP contribution in [-0.4, -0.2) is 10.9 Å². The molecular weight excluding hydrogens is 237 g/mol. The molecule has 0 saturated heterocycles. The van der Waals surface area contributed by atoms with Gasteiger partial charge in [-0.25, -0.2) is 9.37 Å². The van der Waals surface area contributed by atoms with Crippen molar-refractivity contribution in [1.29, 1.82) is 0 Å². The van der Waals surface area contributed by atoms with Crippen LogP contribution < -0.4 is 16.2 Å². The van der Waals surface area contributed by atoms with Crippen LogP contribution in [-0.2, 0) is 0 Å². The normalized spacial score (nSPS) is 10.1. The standard InChI is InChI=1S/C12H10FN3O2/c13-9-6-7(14)3-4-10(9)18-12-8(11(15)17)2-1-5-16-12/h1-6H,14H2,(H2,15,17). The van der Waals surface area contributed by atoms with Crippen molar-refractivity contribution in [3.05, 3.63) is 47.9 Å². The summed E-state index contributed by atoms with van der Waals surface area (Å²) in [5.41, 5.74) is 10.9. The predicted octanol–water partition coefficient (Wildman–Crippen LogP) is 1.69. The monoisotopic (exact) mass is 247 g/mol. The summed E-state index contributed by atoms with van der Waals surface area (Å²) in [5.74, 6) is -1.47. The number of carbonyl (C=O) groups is 1. The molecule has 1 amide bonds. The van der Waals surface area contributed by atoms with Gasteiger partial charge in [-0.1, -0.05) is 0 Å². The number of halogens is 1. The minimum Gasteiger partial charge on any atom is -0.435 e. The van der Waals surface area contributed by atoms with Gasteiger partial charge in [-0.3, -0.25) is 4.79 Å². The largest absolute Gasteiger partial charge is 0.435 e. The zero-order chi connectivity index (χ0) is 13.1. The van der Waals surface area contributed by atoms with Crippen molar-refractivity contribution in [1.82, 2.24) is 4.98 Å². The number of amides is 1. The second-order valence-electron chi connectivity index (χ2n) is 3.51. The van der Waals surface area contributed by atoms with Crippen LogP contribution in [0.1, 0.15) is 10.4 Å². The maximum Gasteiger partial charge on any atom is 0.254 e. The summed E-state index contributed by atoms with van der Waals surface area (Å²) in [6, 6.07) is 6.92. The van der Waals surface area contributed by atoms with E-state index in [2.05, 4.69) is 4.98 Å². The van der Waals surface area contributed by atoms with Crippen molar-refractivity contribution in [2.24, 2.45) is 5.73 Å². The molecule has 0 spiro atoms. The van der Waals surface area contributed by atoms with E-state index >= 15 is 0 Å². The third-order valence-corrected chi connectivity index (χ3v) is 2.20. The number of hydrogen-bond acceptors (Lipinski definition) is 4. The minimum atomic E-state index is -0.700. The first kappa shape index (κ1) is 11.8. The van der Waals surface area contributed by atoms with Crippen LogP contribution in [0.25, 0.3) is 0 Å². The molecule has 5 nitrogen and oxygen atoms in total. The number of carbonyl (C=O) groups excluding carboxylic acids is 1. The van der Waals surface area contributed by atoms with Crippen LogP contribution >= 0.6 is 0 Å². The Hall–Kier alpha value is -2.63. The Morgan fingerprint density at radius 2 is 2.11 bits per heavy atom. The molecule has 0 fully saturated rings. The highest BCUT2D eigenvalue weighted by Crippen LogP contribution is 2.26.